The summed E-state index contributed by atoms with van der Waals surface area (Å²) in [5.74, 6) is 0.620. The van der Waals surface area contributed by atoms with Crippen molar-refractivity contribution in [2.75, 3.05) is 0 Å². The van der Waals surface area contributed by atoms with Crippen LogP contribution in [0.4, 0.5) is 0 Å². The summed E-state index contributed by atoms with van der Waals surface area (Å²) < 4.78 is 0. The average Bonchev–Trinajstić information content (AvgIpc) is 2.22. The van der Waals surface area contributed by atoms with Crippen molar-refractivity contribution in [2.24, 2.45) is 17.3 Å². The molecule has 0 aromatic heterocycles. The first-order valence-electron chi connectivity index (χ1n) is 6.30. The zero-order valence-electron chi connectivity index (χ0n) is 10.3. The summed E-state index contributed by atoms with van der Waals surface area (Å²) in [5, 5.41) is 9.44. The summed E-state index contributed by atoms with van der Waals surface area (Å²) in [6.45, 7) is 6.32. The molecule has 88 valence electrons. The molecule has 1 aliphatic carbocycles. The Bertz CT molecular complexity index is 211. The minimum atomic E-state index is -0.577. The maximum Gasteiger partial charge on any atom is 0.309 e. The predicted octanol–water partition coefficient (Wildman–Crippen LogP) is 3.70. The van der Waals surface area contributed by atoms with Crippen molar-refractivity contribution in [1.82, 2.24) is 0 Å². The van der Waals surface area contributed by atoms with E-state index < -0.39 is 11.4 Å². The summed E-state index contributed by atoms with van der Waals surface area (Å²) in [4.78, 5) is 11.5. The van der Waals surface area contributed by atoms with E-state index in [1.807, 2.05) is 13.8 Å². The molecule has 0 spiro atoms. The molecule has 1 aliphatic rings. The van der Waals surface area contributed by atoms with E-state index in [0.717, 1.165) is 31.6 Å². The van der Waals surface area contributed by atoms with Crippen LogP contribution in [0, 0.1) is 17.3 Å². The van der Waals surface area contributed by atoms with Crippen LogP contribution in [0.15, 0.2) is 0 Å². The monoisotopic (exact) mass is 212 g/mol. The fraction of sp³-hybridized carbons (Fsp3) is 0.923. The Kier molecular flexibility index (Phi) is 4.18. The van der Waals surface area contributed by atoms with Crippen molar-refractivity contribution in [3.63, 3.8) is 0 Å². The van der Waals surface area contributed by atoms with Crippen LogP contribution in [0.25, 0.3) is 0 Å². The normalized spacial score (nSPS) is 27.7. The number of rotatable bonds is 4. The van der Waals surface area contributed by atoms with Crippen LogP contribution in [0.1, 0.15) is 59.3 Å². The number of hydrogen-bond donors (Lipinski definition) is 1. The van der Waals surface area contributed by atoms with Crippen molar-refractivity contribution >= 4 is 5.97 Å². The second kappa shape index (κ2) is 5.00. The van der Waals surface area contributed by atoms with Gasteiger partial charge < -0.3 is 5.11 Å². The van der Waals surface area contributed by atoms with E-state index in [0.29, 0.717) is 5.92 Å². The highest BCUT2D eigenvalue weighted by atomic mass is 16.4. The molecule has 0 heterocycles. The van der Waals surface area contributed by atoms with Gasteiger partial charge in [0.15, 0.2) is 0 Å². The van der Waals surface area contributed by atoms with Gasteiger partial charge in [-0.2, -0.15) is 0 Å². The van der Waals surface area contributed by atoms with Crippen molar-refractivity contribution in [3.8, 4) is 0 Å². The molecule has 0 aliphatic heterocycles. The molecule has 2 heteroatoms. The Morgan fingerprint density at radius 3 is 2.00 bits per heavy atom. The number of aliphatic carboxylic acids is 1. The Morgan fingerprint density at radius 2 is 1.67 bits per heavy atom. The first-order valence-corrected chi connectivity index (χ1v) is 6.30. The van der Waals surface area contributed by atoms with Crippen molar-refractivity contribution < 1.29 is 9.90 Å². The number of hydrogen-bond acceptors (Lipinski definition) is 1. The second-order valence-corrected chi connectivity index (χ2v) is 5.13. The fourth-order valence-electron chi connectivity index (χ4n) is 3.12. The van der Waals surface area contributed by atoms with Crippen LogP contribution in [-0.2, 0) is 4.79 Å². The molecular formula is C13H24O2. The molecule has 0 radical (unpaired) electrons. The molecule has 2 nitrogen and oxygen atoms in total. The number of carboxylic acids is 1. The topological polar surface area (TPSA) is 37.3 Å². The van der Waals surface area contributed by atoms with Gasteiger partial charge in [0.05, 0.1) is 5.41 Å². The molecule has 1 fully saturated rings. The van der Waals surface area contributed by atoms with Crippen LogP contribution in [0.2, 0.25) is 0 Å². The van der Waals surface area contributed by atoms with Gasteiger partial charge in [-0.15, -0.1) is 0 Å². The highest BCUT2D eigenvalue weighted by molar-refractivity contribution is 5.75. The van der Waals surface area contributed by atoms with Gasteiger partial charge in [-0.05, 0) is 37.5 Å². The fourth-order valence-corrected chi connectivity index (χ4v) is 3.12. The van der Waals surface area contributed by atoms with Gasteiger partial charge in [0.2, 0.25) is 0 Å². The summed E-state index contributed by atoms with van der Waals surface area (Å²) in [6, 6.07) is 0. The minimum Gasteiger partial charge on any atom is -0.481 e. The summed E-state index contributed by atoms with van der Waals surface area (Å²) in [7, 11) is 0. The predicted molar refractivity (Wildman–Crippen MR) is 61.8 cm³/mol. The van der Waals surface area contributed by atoms with Crippen LogP contribution in [0.3, 0.4) is 0 Å². The largest absolute Gasteiger partial charge is 0.481 e. The van der Waals surface area contributed by atoms with Gasteiger partial charge in [0.25, 0.3) is 0 Å². The maximum atomic E-state index is 11.5. The molecule has 15 heavy (non-hydrogen) atoms. The molecule has 0 atom stereocenters. The van der Waals surface area contributed by atoms with Crippen LogP contribution in [-0.4, -0.2) is 11.1 Å². The van der Waals surface area contributed by atoms with E-state index in [9.17, 15) is 9.90 Å². The Morgan fingerprint density at radius 1 is 1.20 bits per heavy atom. The van der Waals surface area contributed by atoms with Gasteiger partial charge in [-0.3, -0.25) is 4.79 Å². The lowest BCUT2D eigenvalue weighted by Crippen LogP contribution is -2.39. The molecule has 0 bridgehead atoms. The van der Waals surface area contributed by atoms with Gasteiger partial charge in [-0.1, -0.05) is 33.6 Å². The minimum absolute atomic E-state index is 0.404. The molecule has 0 aromatic rings. The zero-order chi connectivity index (χ0) is 11.5. The van der Waals surface area contributed by atoms with Crippen molar-refractivity contribution in [3.05, 3.63) is 0 Å². The maximum absolute atomic E-state index is 11.5. The van der Waals surface area contributed by atoms with Gasteiger partial charge >= 0.3 is 5.97 Å². The van der Waals surface area contributed by atoms with E-state index in [-0.39, 0.29) is 0 Å². The summed E-state index contributed by atoms with van der Waals surface area (Å²) in [5.41, 5.74) is -0.444. The van der Waals surface area contributed by atoms with Crippen molar-refractivity contribution in [2.45, 2.75) is 59.3 Å². The third-order valence-electron chi connectivity index (χ3n) is 4.49. The van der Waals surface area contributed by atoms with E-state index in [4.69, 9.17) is 0 Å². The van der Waals surface area contributed by atoms with Crippen LogP contribution in [0.5, 0.6) is 0 Å². The second-order valence-electron chi connectivity index (χ2n) is 5.13. The molecule has 1 N–H and O–H groups in total. The summed E-state index contributed by atoms with van der Waals surface area (Å²) in [6.07, 6.45) is 6.18. The number of carboxylic acid groups (broad SMARTS) is 1. The standard InChI is InChI=1S/C13H24O2/c1-4-13(5-2,12(14)15)11-8-6-10(3)7-9-11/h10-11H,4-9H2,1-3H3,(H,14,15). The molecule has 0 unspecified atom stereocenters. The molecule has 0 amide bonds. The third-order valence-corrected chi connectivity index (χ3v) is 4.49. The van der Waals surface area contributed by atoms with E-state index >= 15 is 0 Å². The lowest BCUT2D eigenvalue weighted by Gasteiger charge is -2.39. The molecule has 0 saturated heterocycles. The number of carbonyl (C=O) groups is 1. The van der Waals surface area contributed by atoms with Crippen LogP contribution < -0.4 is 0 Å². The third kappa shape index (κ3) is 2.35. The van der Waals surface area contributed by atoms with Gasteiger partial charge in [0.1, 0.15) is 0 Å². The van der Waals surface area contributed by atoms with Gasteiger partial charge in [0, 0.05) is 0 Å². The Hall–Kier alpha value is -0.530. The first-order chi connectivity index (χ1) is 7.06. The molecule has 1 rings (SSSR count). The molecular weight excluding hydrogens is 188 g/mol. The smallest absolute Gasteiger partial charge is 0.309 e. The highest BCUT2D eigenvalue weighted by Crippen LogP contribution is 2.44. The molecule has 0 aromatic carbocycles. The molecule has 1 saturated carbocycles. The van der Waals surface area contributed by atoms with Gasteiger partial charge in [-0.25, -0.2) is 0 Å². The van der Waals surface area contributed by atoms with Crippen molar-refractivity contribution in [1.29, 1.82) is 0 Å². The Labute approximate surface area is 93.1 Å². The highest BCUT2D eigenvalue weighted by Gasteiger charge is 2.43. The van der Waals surface area contributed by atoms with Crippen LogP contribution >= 0.6 is 0 Å². The zero-order valence-corrected chi connectivity index (χ0v) is 10.3. The quantitative estimate of drug-likeness (QED) is 0.771. The SMILES string of the molecule is CCC(CC)(C(=O)O)C1CCC(C)CC1. The Balaban J connectivity index is 2.76. The van der Waals surface area contributed by atoms with E-state index in [1.165, 1.54) is 12.8 Å². The van der Waals surface area contributed by atoms with E-state index in [2.05, 4.69) is 6.92 Å². The summed E-state index contributed by atoms with van der Waals surface area (Å²) >= 11 is 0. The first kappa shape index (κ1) is 12.5. The lowest BCUT2D eigenvalue weighted by atomic mass is 9.64. The lowest BCUT2D eigenvalue weighted by molar-refractivity contribution is -0.154. The van der Waals surface area contributed by atoms with E-state index in [1.54, 1.807) is 0 Å². The average molecular weight is 212 g/mol.